The highest BCUT2D eigenvalue weighted by molar-refractivity contribution is 7.92. The second kappa shape index (κ2) is 8.52. The number of rotatable bonds is 8. The third-order valence-electron chi connectivity index (χ3n) is 4.39. The first-order chi connectivity index (χ1) is 13.1. The van der Waals surface area contributed by atoms with Crippen LogP contribution in [0.25, 0.3) is 0 Å². The second-order valence-electron chi connectivity index (χ2n) is 6.08. The summed E-state index contributed by atoms with van der Waals surface area (Å²) in [6.07, 6.45) is 0. The smallest absolute Gasteiger partial charge is 0.204 e. The average molecular weight is 427 g/mol. The van der Waals surface area contributed by atoms with Gasteiger partial charge in [0.15, 0.2) is 16.7 Å². The summed E-state index contributed by atoms with van der Waals surface area (Å²) in [6, 6.07) is 11.1. The molecule has 7 nitrogen and oxygen atoms in total. The molecule has 2 rings (SSSR count). The number of ether oxygens (including phenoxy) is 2. The van der Waals surface area contributed by atoms with Gasteiger partial charge in [-0.25, -0.2) is 16.8 Å². The monoisotopic (exact) mass is 426 g/mol. The molecule has 2 atom stereocenters. The third kappa shape index (κ3) is 4.33. The number of ketones is 1. The molecule has 28 heavy (non-hydrogen) atoms. The number of benzene rings is 2. The van der Waals surface area contributed by atoms with E-state index in [0.717, 1.165) is 0 Å². The third-order valence-corrected chi connectivity index (χ3v) is 8.34. The van der Waals surface area contributed by atoms with Crippen molar-refractivity contribution in [1.29, 1.82) is 0 Å². The SMILES string of the molecule is COC(C)S(=O)(=O)c1cccc(C(=O)c2cccc(S(=O)(=O)C(C)OC)c2)c1. The summed E-state index contributed by atoms with van der Waals surface area (Å²) in [5.41, 5.74) is -1.89. The lowest BCUT2D eigenvalue weighted by Crippen LogP contribution is -2.20. The highest BCUT2D eigenvalue weighted by atomic mass is 32.2. The van der Waals surface area contributed by atoms with Gasteiger partial charge >= 0.3 is 0 Å². The molecule has 0 aliphatic heterocycles. The Morgan fingerprint density at radius 2 is 1.11 bits per heavy atom. The van der Waals surface area contributed by atoms with Gasteiger partial charge < -0.3 is 9.47 Å². The van der Waals surface area contributed by atoms with Crippen molar-refractivity contribution in [2.24, 2.45) is 0 Å². The molecule has 2 unspecified atom stereocenters. The fourth-order valence-corrected chi connectivity index (χ4v) is 4.82. The van der Waals surface area contributed by atoms with Gasteiger partial charge in [-0.1, -0.05) is 24.3 Å². The van der Waals surface area contributed by atoms with E-state index in [-0.39, 0.29) is 20.9 Å². The van der Waals surface area contributed by atoms with Crippen molar-refractivity contribution in [1.82, 2.24) is 0 Å². The van der Waals surface area contributed by atoms with Crippen molar-refractivity contribution in [2.45, 2.75) is 34.5 Å². The molecule has 2 aromatic carbocycles. The molecule has 0 saturated carbocycles. The minimum atomic E-state index is -3.76. The van der Waals surface area contributed by atoms with E-state index in [0.29, 0.717) is 0 Å². The van der Waals surface area contributed by atoms with Gasteiger partial charge in [0.25, 0.3) is 0 Å². The van der Waals surface area contributed by atoms with Gasteiger partial charge in [-0.3, -0.25) is 4.79 Å². The fraction of sp³-hybridized carbons (Fsp3) is 0.316. The van der Waals surface area contributed by atoms with Gasteiger partial charge in [-0.15, -0.1) is 0 Å². The zero-order valence-corrected chi connectivity index (χ0v) is 17.6. The summed E-state index contributed by atoms with van der Waals surface area (Å²) in [5.74, 6) is -0.496. The number of carbonyl (C=O) groups excluding carboxylic acids is 1. The van der Waals surface area contributed by atoms with E-state index in [2.05, 4.69) is 0 Å². The first kappa shape index (κ1) is 22.2. The Balaban J connectivity index is 2.46. The molecule has 0 spiro atoms. The predicted molar refractivity (Wildman–Crippen MR) is 104 cm³/mol. The normalized spacial score (nSPS) is 14.4. The average Bonchev–Trinajstić information content (AvgIpc) is 2.71. The lowest BCUT2D eigenvalue weighted by Gasteiger charge is -2.13. The summed E-state index contributed by atoms with van der Waals surface area (Å²) in [5, 5.41) is 0. The summed E-state index contributed by atoms with van der Waals surface area (Å²) in [7, 11) is -4.96. The summed E-state index contributed by atoms with van der Waals surface area (Å²) in [4.78, 5) is 12.7. The Labute approximate surface area is 165 Å². The van der Waals surface area contributed by atoms with Gasteiger partial charge in [0, 0.05) is 25.3 Å². The maximum atomic E-state index is 12.8. The van der Waals surface area contributed by atoms with Crippen LogP contribution in [0.15, 0.2) is 58.3 Å². The number of sulfone groups is 2. The van der Waals surface area contributed by atoms with E-state index in [4.69, 9.17) is 9.47 Å². The van der Waals surface area contributed by atoms with Crippen LogP contribution in [0.4, 0.5) is 0 Å². The lowest BCUT2D eigenvalue weighted by molar-refractivity contribution is 0.103. The Bertz CT molecular complexity index is 987. The van der Waals surface area contributed by atoms with E-state index in [1.54, 1.807) is 0 Å². The van der Waals surface area contributed by atoms with Crippen molar-refractivity contribution in [3.8, 4) is 0 Å². The van der Waals surface area contributed by atoms with Crippen LogP contribution >= 0.6 is 0 Å². The Morgan fingerprint density at radius 3 is 1.43 bits per heavy atom. The van der Waals surface area contributed by atoms with Crippen molar-refractivity contribution in [3.05, 3.63) is 59.7 Å². The molecule has 0 saturated heterocycles. The van der Waals surface area contributed by atoms with E-state index >= 15 is 0 Å². The molecular weight excluding hydrogens is 404 g/mol. The second-order valence-corrected chi connectivity index (χ2v) is 10.5. The molecule has 0 aliphatic rings. The molecule has 2 aromatic rings. The van der Waals surface area contributed by atoms with Crippen LogP contribution in [0.3, 0.4) is 0 Å². The minimum absolute atomic E-state index is 0.0514. The maximum absolute atomic E-state index is 12.8. The van der Waals surface area contributed by atoms with Crippen LogP contribution in [-0.2, 0) is 29.1 Å². The molecule has 0 radical (unpaired) electrons. The molecule has 0 amide bonds. The minimum Gasteiger partial charge on any atom is -0.365 e. The number of hydrogen-bond acceptors (Lipinski definition) is 7. The Hall–Kier alpha value is -2.07. The van der Waals surface area contributed by atoms with Crippen LogP contribution < -0.4 is 0 Å². The standard InChI is InChI=1S/C19H22O7S2/c1-13(25-3)27(21,22)17-9-5-7-15(11-17)19(20)16-8-6-10-18(12-16)28(23,24)14(2)26-4/h5-14H,1-4H3. The molecular formula is C19H22O7S2. The van der Waals surface area contributed by atoms with Crippen LogP contribution in [0.1, 0.15) is 29.8 Å². The highest BCUT2D eigenvalue weighted by Crippen LogP contribution is 2.22. The van der Waals surface area contributed by atoms with Crippen molar-refractivity contribution < 1.29 is 31.1 Å². The first-order valence-electron chi connectivity index (χ1n) is 8.34. The molecule has 9 heteroatoms. The summed E-state index contributed by atoms with van der Waals surface area (Å²) in [6.45, 7) is 2.80. The van der Waals surface area contributed by atoms with E-state index in [9.17, 15) is 21.6 Å². The molecule has 0 aromatic heterocycles. The maximum Gasteiger partial charge on any atom is 0.204 e. The molecule has 152 valence electrons. The number of hydrogen-bond donors (Lipinski definition) is 0. The van der Waals surface area contributed by atoms with E-state index in [1.165, 1.54) is 76.6 Å². The summed E-state index contributed by atoms with van der Waals surface area (Å²) < 4.78 is 59.5. The molecule has 0 N–H and O–H groups in total. The number of methoxy groups -OCH3 is 2. The predicted octanol–water partition coefficient (Wildman–Crippen LogP) is 2.45. The van der Waals surface area contributed by atoms with E-state index < -0.39 is 36.3 Å². The zero-order chi connectivity index (χ0) is 21.1. The quantitative estimate of drug-likeness (QED) is 0.597. The van der Waals surface area contributed by atoms with Crippen molar-refractivity contribution in [2.75, 3.05) is 14.2 Å². The fourth-order valence-electron chi connectivity index (χ4n) is 2.43. The lowest BCUT2D eigenvalue weighted by atomic mass is 10.0. The molecule has 0 heterocycles. The van der Waals surface area contributed by atoms with Crippen molar-refractivity contribution in [3.63, 3.8) is 0 Å². The Morgan fingerprint density at radius 1 is 0.750 bits per heavy atom. The molecule has 0 aliphatic carbocycles. The van der Waals surface area contributed by atoms with Crippen LogP contribution in [0, 0.1) is 0 Å². The Kier molecular flexibility index (Phi) is 6.76. The van der Waals surface area contributed by atoms with Gasteiger partial charge in [0.2, 0.25) is 19.7 Å². The van der Waals surface area contributed by atoms with Gasteiger partial charge in [0.05, 0.1) is 9.79 Å². The van der Waals surface area contributed by atoms with E-state index in [1.807, 2.05) is 0 Å². The molecule has 0 fully saturated rings. The first-order valence-corrected chi connectivity index (χ1v) is 11.4. The van der Waals surface area contributed by atoms with Gasteiger partial charge in [-0.2, -0.15) is 0 Å². The van der Waals surface area contributed by atoms with Crippen molar-refractivity contribution >= 4 is 25.5 Å². The number of carbonyl (C=O) groups is 1. The topological polar surface area (TPSA) is 104 Å². The van der Waals surface area contributed by atoms with Crippen LogP contribution in [0.5, 0.6) is 0 Å². The highest BCUT2D eigenvalue weighted by Gasteiger charge is 2.26. The van der Waals surface area contributed by atoms with Gasteiger partial charge in [0.1, 0.15) is 0 Å². The van der Waals surface area contributed by atoms with Gasteiger partial charge in [-0.05, 0) is 38.1 Å². The zero-order valence-electron chi connectivity index (χ0n) is 15.9. The molecule has 0 bridgehead atoms. The largest absolute Gasteiger partial charge is 0.365 e. The van der Waals surface area contributed by atoms with Crippen LogP contribution in [-0.4, -0.2) is 47.7 Å². The van der Waals surface area contributed by atoms with Crippen LogP contribution in [0.2, 0.25) is 0 Å². The summed E-state index contributed by atoms with van der Waals surface area (Å²) >= 11 is 0.